The number of nitrogens with zero attached hydrogens (tertiary/aromatic N) is 1. The van der Waals surface area contributed by atoms with Gasteiger partial charge in [0.1, 0.15) is 0 Å². The van der Waals surface area contributed by atoms with E-state index in [1.54, 1.807) is 12.3 Å². The summed E-state index contributed by atoms with van der Waals surface area (Å²) in [6.45, 7) is 0. The Morgan fingerprint density at radius 1 is 1.14 bits per heavy atom. The average molecular weight is 358 g/mol. The summed E-state index contributed by atoms with van der Waals surface area (Å²) in [5.41, 5.74) is 1.62. The van der Waals surface area contributed by atoms with Gasteiger partial charge in [-0.15, -0.1) is 29.8 Å². The van der Waals surface area contributed by atoms with Crippen LogP contribution in [0.5, 0.6) is 0 Å². The second-order valence-corrected chi connectivity index (χ2v) is 2.64. The predicted molar refractivity (Wildman–Crippen MR) is 48.5 cm³/mol. The van der Waals surface area contributed by atoms with E-state index in [0.29, 0.717) is 0 Å². The van der Waals surface area contributed by atoms with Crippen molar-refractivity contribution in [2.24, 2.45) is 0 Å². The van der Waals surface area contributed by atoms with Gasteiger partial charge in [0.15, 0.2) is 0 Å². The van der Waals surface area contributed by atoms with Crippen molar-refractivity contribution in [2.75, 3.05) is 0 Å². The number of hydrogen-bond acceptors (Lipinski definition) is 1. The van der Waals surface area contributed by atoms with E-state index in [0.717, 1.165) is 11.3 Å². The Hall–Kier alpha value is -1.04. The predicted octanol–water partition coefficient (Wildman–Crippen LogP) is 2.69. The average Bonchev–Trinajstić information content (AvgIpc) is 2.20. The van der Waals surface area contributed by atoms with E-state index < -0.39 is 0 Å². The zero-order chi connectivity index (χ0) is 9.10. The molecule has 0 saturated heterocycles. The third kappa shape index (κ3) is 2.48. The summed E-state index contributed by atoms with van der Waals surface area (Å²) in [6.07, 6.45) is 1.70. The molecule has 1 radical (unpaired) electrons. The summed E-state index contributed by atoms with van der Waals surface area (Å²) >= 11 is 0. The maximum absolute atomic E-state index is 12.6. The molecule has 14 heavy (non-hydrogen) atoms. The van der Waals surface area contributed by atoms with Gasteiger partial charge in [0.05, 0.1) is 0 Å². The molecule has 0 N–H and O–H groups in total. The maximum Gasteiger partial charge on any atom is 0.0379 e. The summed E-state index contributed by atoms with van der Waals surface area (Å²) in [7, 11) is 0. The van der Waals surface area contributed by atoms with Gasteiger partial charge in [-0.05, 0) is 11.8 Å². The van der Waals surface area contributed by atoms with Gasteiger partial charge in [-0.25, -0.2) is 0 Å². The fraction of sp³-hybridized carbons (Fsp3) is 0. The zero-order valence-corrected chi connectivity index (χ0v) is 9.96. The molecule has 0 fully saturated rings. The van der Waals surface area contributed by atoms with Gasteiger partial charge in [0.2, 0.25) is 0 Å². The van der Waals surface area contributed by atoms with E-state index in [1.807, 2.05) is 18.2 Å². The molecule has 2 aromatic rings. The van der Waals surface area contributed by atoms with E-state index in [-0.39, 0.29) is 26.2 Å². The first-order chi connectivity index (χ1) is 6.36. The molecule has 3 heteroatoms. The van der Waals surface area contributed by atoms with Crippen molar-refractivity contribution >= 4 is 0 Å². The van der Waals surface area contributed by atoms with Crippen LogP contribution in [-0.2, 0) is 20.4 Å². The van der Waals surface area contributed by atoms with Crippen LogP contribution >= 0.6 is 0 Å². The Kier molecular flexibility index (Phi) is 3.94. The minimum atomic E-state index is -0.278. The van der Waals surface area contributed by atoms with Gasteiger partial charge in [-0.2, -0.15) is 0 Å². The van der Waals surface area contributed by atoms with Crippen LogP contribution in [0.25, 0.3) is 11.3 Å². The topological polar surface area (TPSA) is 12.9 Å². The largest absolute Gasteiger partial charge is 0.305 e. The van der Waals surface area contributed by atoms with Crippen molar-refractivity contribution in [3.8, 4) is 11.3 Å². The first-order valence-corrected chi connectivity index (χ1v) is 3.95. The Balaban J connectivity index is 0.000000980. The molecule has 71 valence electrons. The number of aromatic nitrogens is 1. The Morgan fingerprint density at radius 3 is 2.57 bits per heavy atom. The van der Waals surface area contributed by atoms with Crippen molar-refractivity contribution in [1.82, 2.24) is 4.98 Å². The number of pyridine rings is 1. The molecule has 0 atom stereocenters. The van der Waals surface area contributed by atoms with Crippen LogP contribution in [0.1, 0.15) is 0 Å². The van der Waals surface area contributed by atoms with Gasteiger partial charge in [0.25, 0.3) is 0 Å². The first-order valence-electron chi connectivity index (χ1n) is 3.95. The number of rotatable bonds is 1. The van der Waals surface area contributed by atoms with Crippen molar-refractivity contribution in [2.45, 2.75) is 0 Å². The smallest absolute Gasteiger partial charge is 0.0379 e. The molecule has 1 aromatic heterocycles. The summed E-state index contributed by atoms with van der Waals surface area (Å²) in [6, 6.07) is 12.8. The summed E-state index contributed by atoms with van der Waals surface area (Å²) in [5.74, 6) is -0.278. The zero-order valence-electron chi connectivity index (χ0n) is 7.24. The molecule has 0 amide bonds. The maximum atomic E-state index is 12.6. The second-order valence-electron chi connectivity index (χ2n) is 2.64. The molecule has 0 saturated carbocycles. The number of hydrogen-bond donors (Lipinski definition) is 0. The summed E-state index contributed by atoms with van der Waals surface area (Å²) in [5, 5.41) is 0. The molecule has 0 aliphatic carbocycles. The van der Waals surface area contributed by atoms with Crippen LogP contribution < -0.4 is 0 Å². The van der Waals surface area contributed by atoms with E-state index in [4.69, 9.17) is 0 Å². The number of halogens is 1. The molecule has 0 unspecified atom stereocenters. The molecular formula is C11H7FNRe-. The van der Waals surface area contributed by atoms with Gasteiger partial charge >= 0.3 is 0 Å². The van der Waals surface area contributed by atoms with Crippen LogP contribution in [0.4, 0.5) is 4.39 Å². The van der Waals surface area contributed by atoms with Crippen molar-refractivity contribution in [3.63, 3.8) is 0 Å². The second kappa shape index (κ2) is 5.00. The van der Waals surface area contributed by atoms with E-state index in [9.17, 15) is 4.39 Å². The quantitative estimate of drug-likeness (QED) is 0.715. The molecule has 1 nitrogen and oxygen atoms in total. The Morgan fingerprint density at radius 2 is 2.00 bits per heavy atom. The van der Waals surface area contributed by atoms with Gasteiger partial charge in [-0.1, -0.05) is 12.1 Å². The van der Waals surface area contributed by atoms with E-state index in [2.05, 4.69) is 11.1 Å². The molecular weight excluding hydrogens is 351 g/mol. The Bertz CT molecular complexity index is 386. The monoisotopic (exact) mass is 359 g/mol. The van der Waals surface area contributed by atoms with Crippen molar-refractivity contribution in [3.05, 3.63) is 54.5 Å². The SMILES string of the molecule is Fc1c[c-]c(-c2ccccn2)cc1.[Re]. The van der Waals surface area contributed by atoms with Crippen molar-refractivity contribution < 1.29 is 24.8 Å². The summed E-state index contributed by atoms with van der Waals surface area (Å²) < 4.78 is 12.6. The van der Waals surface area contributed by atoms with Crippen LogP contribution in [-0.4, -0.2) is 4.98 Å². The summed E-state index contributed by atoms with van der Waals surface area (Å²) in [4.78, 5) is 4.12. The van der Waals surface area contributed by atoms with Gasteiger partial charge < -0.3 is 4.98 Å². The van der Waals surface area contributed by atoms with Gasteiger partial charge in [-0.3, -0.25) is 4.39 Å². The van der Waals surface area contributed by atoms with Crippen LogP contribution in [0.2, 0.25) is 0 Å². The van der Waals surface area contributed by atoms with Crippen LogP contribution in [0.3, 0.4) is 0 Å². The van der Waals surface area contributed by atoms with Crippen LogP contribution in [0.15, 0.2) is 42.6 Å². The van der Waals surface area contributed by atoms with Crippen LogP contribution in [0, 0.1) is 11.9 Å². The molecule has 0 bridgehead atoms. The molecule has 2 rings (SSSR count). The molecule has 0 aliphatic heterocycles. The molecule has 1 heterocycles. The normalized spacial score (nSPS) is 9.21. The molecule has 0 spiro atoms. The third-order valence-corrected chi connectivity index (χ3v) is 1.72. The van der Waals surface area contributed by atoms with Crippen molar-refractivity contribution in [1.29, 1.82) is 0 Å². The molecule has 0 aliphatic rings. The number of benzene rings is 1. The minimum Gasteiger partial charge on any atom is -0.305 e. The molecule has 1 aromatic carbocycles. The third-order valence-electron chi connectivity index (χ3n) is 1.72. The fourth-order valence-electron chi connectivity index (χ4n) is 1.09. The Labute approximate surface area is 95.7 Å². The van der Waals surface area contributed by atoms with Gasteiger partial charge in [0, 0.05) is 32.4 Å². The first kappa shape index (κ1) is 11.0. The standard InChI is InChI=1S/C11H7FN.Re/c12-10-6-4-9(5-7-10)11-3-1-2-8-13-11;/h1-4,6-8H;/q-1;. The van der Waals surface area contributed by atoms with E-state index in [1.165, 1.54) is 12.1 Å². The van der Waals surface area contributed by atoms with E-state index >= 15 is 0 Å². The fourth-order valence-corrected chi connectivity index (χ4v) is 1.09. The minimum absolute atomic E-state index is 0.